The van der Waals surface area contributed by atoms with Crippen molar-refractivity contribution in [1.29, 1.82) is 0 Å². The van der Waals surface area contributed by atoms with Gasteiger partial charge in [0.2, 0.25) is 5.78 Å². The summed E-state index contributed by atoms with van der Waals surface area (Å²) in [7, 11) is 7.41. The number of anilines is 3. The number of thioether (sulfide) groups is 3. The van der Waals surface area contributed by atoms with Gasteiger partial charge < -0.3 is 29.0 Å². The SMILES string of the molecule is CCOC(=O)/C(C(=O)c1ccccc1)=c1/[nH]c(=O)/c(=C2/Sc3ccc(C)cc3N2C)s1.CCn1c(=C(C(=O)c2ccccc2)C(=O)c2ccccc2)s/c(=C2\Sc3ccc(C=O)cc3N2C)c1=O.CN1/C(=c2/s/c(=C/C(=O)c3ccccc3)n(C)c2=O)Sc2ccccc21. The zero-order valence-electron chi connectivity index (χ0n) is 51.7. The van der Waals surface area contributed by atoms with Crippen LogP contribution in [-0.2, 0) is 23.1 Å². The normalized spacial score (nSPS) is 15.0. The molecule has 0 atom stereocenters. The topological polar surface area (TPSA) is 198 Å². The van der Waals surface area contributed by atoms with Crippen molar-refractivity contribution in [2.45, 2.75) is 42.0 Å². The first-order valence-electron chi connectivity index (χ1n) is 29.4. The van der Waals surface area contributed by atoms with Gasteiger partial charge in [-0.2, -0.15) is 0 Å². The molecule has 1 N–H and O–H groups in total. The van der Waals surface area contributed by atoms with Crippen LogP contribution in [0.15, 0.2) is 211 Å². The van der Waals surface area contributed by atoms with Crippen molar-refractivity contribution in [1.82, 2.24) is 14.1 Å². The van der Waals surface area contributed by atoms with E-state index in [1.165, 1.54) is 45.5 Å². The Morgan fingerprint density at radius 3 is 1.50 bits per heavy atom. The Morgan fingerprint density at radius 1 is 0.500 bits per heavy atom. The number of aromatic amines is 1. The number of aryl methyl sites for hydroxylation is 1. The number of para-hydroxylation sites is 1. The van der Waals surface area contributed by atoms with E-state index in [4.69, 9.17) is 4.74 Å². The number of ketones is 4. The van der Waals surface area contributed by atoms with E-state index in [1.807, 2.05) is 110 Å². The molecule has 472 valence electrons. The number of aldehydes is 1. The summed E-state index contributed by atoms with van der Waals surface area (Å²) in [5, 5.41) is 2.36. The van der Waals surface area contributed by atoms with Crippen LogP contribution in [0.2, 0.25) is 0 Å². The molecule has 0 amide bonds. The van der Waals surface area contributed by atoms with Gasteiger partial charge in [0.15, 0.2) is 17.3 Å². The number of Topliss-reactive ketones (excluding diaryl/α,β-unsaturated/α-hetero) is 4. The van der Waals surface area contributed by atoms with Crippen LogP contribution in [0.3, 0.4) is 0 Å². The number of carbonyl (C=O) groups is 6. The number of thiazole rings is 3. The zero-order chi connectivity index (χ0) is 66.5. The Kier molecular flexibility index (Phi) is 20.1. The number of benzene rings is 7. The van der Waals surface area contributed by atoms with E-state index in [1.54, 1.807) is 146 Å². The number of fused-ring (bicyclic) bond motifs is 3. The van der Waals surface area contributed by atoms with Gasteiger partial charge in [-0.1, -0.05) is 181 Å². The van der Waals surface area contributed by atoms with Gasteiger partial charge in [-0.3, -0.25) is 42.9 Å². The van der Waals surface area contributed by atoms with Gasteiger partial charge in [-0.05, 0) is 62.7 Å². The summed E-state index contributed by atoms with van der Waals surface area (Å²) in [6, 6.07) is 54.4. The maximum Gasteiger partial charge on any atom is 0.345 e. The fourth-order valence-corrected chi connectivity index (χ4v) is 17.5. The molecule has 0 unspecified atom stereocenters. The fourth-order valence-electron chi connectivity index (χ4n) is 10.3. The third kappa shape index (κ3) is 13.3. The molecule has 16 nitrogen and oxygen atoms in total. The van der Waals surface area contributed by atoms with Gasteiger partial charge in [0, 0.05) is 83.3 Å². The van der Waals surface area contributed by atoms with Crippen LogP contribution in [-0.4, -0.2) is 77.3 Å². The maximum absolute atomic E-state index is 13.8. The summed E-state index contributed by atoms with van der Waals surface area (Å²) < 4.78 is 10.9. The first kappa shape index (κ1) is 65.8. The van der Waals surface area contributed by atoms with E-state index < -0.39 is 23.3 Å². The number of rotatable bonds is 12. The predicted molar refractivity (Wildman–Crippen MR) is 380 cm³/mol. The minimum Gasteiger partial charge on any atom is -0.462 e. The average Bonchev–Trinajstić information content (AvgIpc) is 1.62. The Labute approximate surface area is 563 Å². The minimum absolute atomic E-state index is 0.0281. The molecule has 0 fully saturated rings. The molecule has 22 heteroatoms. The lowest BCUT2D eigenvalue weighted by Gasteiger charge is -2.12. The van der Waals surface area contributed by atoms with Crippen LogP contribution in [0.1, 0.15) is 71.2 Å². The molecule has 0 aliphatic carbocycles. The van der Waals surface area contributed by atoms with E-state index in [0.29, 0.717) is 62.3 Å². The third-order valence-electron chi connectivity index (χ3n) is 15.2. The number of H-pyrrole nitrogens is 1. The number of hydrogen-bond donors (Lipinski definition) is 1. The Morgan fingerprint density at radius 2 is 0.968 bits per heavy atom. The van der Waals surface area contributed by atoms with Gasteiger partial charge in [-0.15, -0.1) is 34.0 Å². The lowest BCUT2D eigenvalue weighted by Crippen LogP contribution is -2.35. The number of nitrogens with zero attached hydrogens (tertiary/aromatic N) is 5. The Bertz CT molecular complexity index is 5240. The van der Waals surface area contributed by atoms with Crippen LogP contribution in [0, 0.1) is 6.92 Å². The van der Waals surface area contributed by atoms with Gasteiger partial charge in [-0.25, -0.2) is 4.79 Å². The monoisotopic (exact) mass is 1360 g/mol. The van der Waals surface area contributed by atoms with Gasteiger partial charge in [0.25, 0.3) is 16.7 Å². The summed E-state index contributed by atoms with van der Waals surface area (Å²) in [6.45, 7) is 5.92. The fraction of sp³-hybridized carbons (Fsp3) is 0.125. The second kappa shape index (κ2) is 28.7. The van der Waals surface area contributed by atoms with Crippen LogP contribution < -0.4 is 59.0 Å². The van der Waals surface area contributed by atoms with E-state index >= 15 is 0 Å². The van der Waals surface area contributed by atoms with Crippen LogP contribution in [0.5, 0.6) is 0 Å². The number of ether oxygens (including phenoxy) is 1. The van der Waals surface area contributed by atoms with Crippen molar-refractivity contribution in [3.63, 3.8) is 0 Å². The molecular weight excluding hydrogens is 1300 g/mol. The van der Waals surface area contributed by atoms with E-state index in [9.17, 15) is 43.2 Å². The smallest absolute Gasteiger partial charge is 0.345 e. The van der Waals surface area contributed by atoms with Crippen molar-refractivity contribution in [2.75, 3.05) is 42.4 Å². The van der Waals surface area contributed by atoms with Crippen molar-refractivity contribution in [3.8, 4) is 0 Å². The molecule has 6 heterocycles. The lowest BCUT2D eigenvalue weighted by molar-refractivity contribution is -0.136. The summed E-state index contributed by atoms with van der Waals surface area (Å²) in [5.74, 6) is -2.20. The maximum atomic E-state index is 13.8. The molecular formula is C72H58N6O10S6. The summed E-state index contributed by atoms with van der Waals surface area (Å²) in [4.78, 5) is 128. The molecule has 0 saturated carbocycles. The van der Waals surface area contributed by atoms with Gasteiger partial charge in [0.1, 0.15) is 60.1 Å². The molecule has 0 spiro atoms. The largest absolute Gasteiger partial charge is 0.462 e. The van der Waals surface area contributed by atoms with Crippen LogP contribution in [0.25, 0.3) is 32.3 Å². The highest BCUT2D eigenvalue weighted by Crippen LogP contribution is 2.47. The number of nitrogens with one attached hydrogen (secondary N) is 1. The van der Waals surface area contributed by atoms with E-state index in [2.05, 4.69) is 11.1 Å². The molecule has 3 aliphatic rings. The molecule has 7 aromatic carbocycles. The quantitative estimate of drug-likeness (QED) is 0.0526. The Hall–Kier alpha value is -9.68. The molecule has 3 aliphatic heterocycles. The molecule has 0 saturated heterocycles. The van der Waals surface area contributed by atoms with Crippen molar-refractivity contribution in [2.24, 2.45) is 7.05 Å². The number of carbonyl (C=O) groups excluding carboxylic acids is 6. The number of aromatic nitrogens is 3. The molecule has 3 aromatic heterocycles. The number of hydrogen-bond acceptors (Lipinski definition) is 19. The predicted octanol–water partition coefficient (Wildman–Crippen LogP) is 9.03. The number of esters is 1. The highest BCUT2D eigenvalue weighted by atomic mass is 32.2. The molecule has 0 radical (unpaired) electrons. The van der Waals surface area contributed by atoms with Gasteiger partial charge in [0.05, 0.1) is 23.7 Å². The Balaban J connectivity index is 0.000000146. The first-order valence-corrected chi connectivity index (χ1v) is 34.3. The minimum atomic E-state index is -0.753. The summed E-state index contributed by atoms with van der Waals surface area (Å²) in [5.41, 5.74) is 5.44. The van der Waals surface area contributed by atoms with Crippen molar-refractivity contribution >= 4 is 154 Å². The molecule has 94 heavy (non-hydrogen) atoms. The second-order valence-corrected chi connectivity index (χ2v) is 27.4. The average molecular weight is 1360 g/mol. The van der Waals surface area contributed by atoms with Crippen molar-refractivity contribution < 1.29 is 33.5 Å². The second-order valence-electron chi connectivity index (χ2n) is 21.2. The standard InChI is InChI=1S/C29H22N2O4S2.C23H20N2O4S2.C20H16N2O2S2/c1-3-31-27(35)26(29-30(2)21-16-18(17-32)14-15-22(21)36-29)37-28(31)23(24(33)19-10-6-4-7-11-19)25(34)20-12-8-5-9-13-20;1-4-29-23(28)17(18(26)14-8-6-5-7-9-14)21-24-20(27)19(31-21)22-25(3)15-12-13(2)10-11-16(15)30-22;1-21-14-10-6-7-11-16(14)25-20(21)18-19(24)22(2)17(26-18)12-15(23)13-8-4-3-5-9-13/h4-17H,3H2,1-2H3;5-12H,4H2,1-3H3,(H,24,27);3-12H,1-2H3/b29-26-;21-17-,22-19-;17-12+,20-18-. The van der Waals surface area contributed by atoms with E-state index in [-0.39, 0.29) is 44.9 Å². The molecule has 10 aromatic rings. The van der Waals surface area contributed by atoms with Crippen molar-refractivity contribution in [3.05, 3.63) is 274 Å². The third-order valence-corrected chi connectivity index (χ3v) is 22.7. The van der Waals surface area contributed by atoms with Gasteiger partial charge >= 0.3 is 5.97 Å². The first-order chi connectivity index (χ1) is 45.4. The molecule has 13 rings (SSSR count). The van der Waals surface area contributed by atoms with Crippen LogP contribution in [0.4, 0.5) is 17.1 Å². The van der Waals surface area contributed by atoms with E-state index in [0.717, 1.165) is 76.3 Å². The molecule has 0 bridgehead atoms. The van der Waals surface area contributed by atoms with Crippen LogP contribution >= 0.6 is 69.3 Å². The summed E-state index contributed by atoms with van der Waals surface area (Å²) in [6.07, 6.45) is 2.33. The zero-order valence-corrected chi connectivity index (χ0v) is 56.6. The highest BCUT2D eigenvalue weighted by molar-refractivity contribution is 8.09. The lowest BCUT2D eigenvalue weighted by atomic mass is 9.96. The highest BCUT2D eigenvalue weighted by Gasteiger charge is 2.31. The summed E-state index contributed by atoms with van der Waals surface area (Å²) >= 11 is 8.11.